The Balaban J connectivity index is 1.66. The van der Waals surface area contributed by atoms with Crippen molar-refractivity contribution in [3.63, 3.8) is 0 Å². The number of carbonyl (C=O) groups excluding carboxylic acids is 2. The summed E-state index contributed by atoms with van der Waals surface area (Å²) >= 11 is 13.3. The van der Waals surface area contributed by atoms with E-state index >= 15 is 0 Å². The number of piperazine rings is 1. The number of rotatable bonds is 7. The van der Waals surface area contributed by atoms with Crippen molar-refractivity contribution < 1.29 is 19.2 Å². The summed E-state index contributed by atoms with van der Waals surface area (Å²) in [6.45, 7) is 11.3. The highest BCUT2D eigenvalue weighted by Crippen LogP contribution is 2.40. The third-order valence-electron chi connectivity index (χ3n) is 5.31. The highest BCUT2D eigenvalue weighted by molar-refractivity contribution is 7.99. The van der Waals surface area contributed by atoms with E-state index in [1.165, 1.54) is 6.07 Å². The largest absolute Gasteiger partial charge is 0.459 e. The first-order valence-electron chi connectivity index (χ1n) is 11.2. The molecule has 0 atom stereocenters. The van der Waals surface area contributed by atoms with Crippen LogP contribution in [0.15, 0.2) is 52.8 Å². The quantitative estimate of drug-likeness (QED) is 0.192. The van der Waals surface area contributed by atoms with E-state index in [9.17, 15) is 19.7 Å². The van der Waals surface area contributed by atoms with Crippen LogP contribution in [0, 0.1) is 10.1 Å². The lowest BCUT2D eigenvalue weighted by atomic mass is 10.1. The Kier molecular flexibility index (Phi) is 9.05. The lowest BCUT2D eigenvalue weighted by Gasteiger charge is -2.35. The molecule has 1 amide bonds. The molecule has 11 heteroatoms. The van der Waals surface area contributed by atoms with E-state index in [4.69, 9.17) is 27.9 Å². The van der Waals surface area contributed by atoms with Crippen LogP contribution in [-0.4, -0.2) is 64.9 Å². The first kappa shape index (κ1) is 28.0. The molecule has 1 aliphatic rings. The summed E-state index contributed by atoms with van der Waals surface area (Å²) in [5.74, 6) is -0.612. The van der Waals surface area contributed by atoms with Crippen LogP contribution >= 0.6 is 35.0 Å². The number of halogens is 2. The molecule has 2 aromatic carbocycles. The van der Waals surface area contributed by atoms with Gasteiger partial charge in [0.15, 0.2) is 0 Å². The number of nitro groups is 1. The van der Waals surface area contributed by atoms with E-state index in [-0.39, 0.29) is 29.7 Å². The van der Waals surface area contributed by atoms with Gasteiger partial charge in [0.1, 0.15) is 5.60 Å². The molecule has 0 radical (unpaired) electrons. The smallest absolute Gasteiger partial charge is 0.320 e. The van der Waals surface area contributed by atoms with Gasteiger partial charge in [-0.1, -0.05) is 47.6 Å². The Morgan fingerprint density at radius 3 is 2.31 bits per heavy atom. The molecule has 8 nitrogen and oxygen atoms in total. The fourth-order valence-electron chi connectivity index (χ4n) is 3.59. The molecular formula is C25H27Cl2N3O5S. The molecule has 0 N–H and O–H groups in total. The molecular weight excluding hydrogens is 525 g/mol. The standard InChI is InChI=1S/C25H27Cl2N3O5S/c1-16(24(32)29-11-9-28(10-12-29)15-23(31)35-25(2,3)4)17-5-7-22(20(13-17)30(33)34)36-21-8-6-18(26)14-19(21)27/h5-8,13-14H,1,9-12,15H2,2-4H3. The SMILES string of the molecule is C=C(C(=O)N1CCN(CC(=O)OC(C)(C)C)CC1)c1ccc(Sc2ccc(Cl)cc2Cl)c([N+](=O)[O-])c1. The van der Waals surface area contributed by atoms with Crippen LogP contribution in [0.3, 0.4) is 0 Å². The first-order valence-corrected chi connectivity index (χ1v) is 12.8. The third-order valence-corrected chi connectivity index (χ3v) is 7.11. The lowest BCUT2D eigenvalue weighted by Crippen LogP contribution is -2.50. The summed E-state index contributed by atoms with van der Waals surface area (Å²) in [5, 5.41) is 12.6. The zero-order valence-electron chi connectivity index (χ0n) is 20.3. The van der Waals surface area contributed by atoms with Gasteiger partial charge in [0, 0.05) is 47.7 Å². The number of hydrogen-bond acceptors (Lipinski definition) is 7. The van der Waals surface area contributed by atoms with Crippen molar-refractivity contribution in [2.24, 2.45) is 0 Å². The Labute approximate surface area is 224 Å². The van der Waals surface area contributed by atoms with Gasteiger partial charge in [0.2, 0.25) is 0 Å². The summed E-state index contributed by atoms with van der Waals surface area (Å²) in [5.41, 5.74) is -0.168. The van der Waals surface area contributed by atoms with Crippen molar-refractivity contribution in [3.05, 3.63) is 68.7 Å². The lowest BCUT2D eigenvalue weighted by molar-refractivity contribution is -0.387. The number of hydrogen-bond donors (Lipinski definition) is 0. The minimum absolute atomic E-state index is 0.153. The molecule has 0 unspecified atom stereocenters. The molecule has 0 saturated carbocycles. The van der Waals surface area contributed by atoms with Crippen molar-refractivity contribution in [1.29, 1.82) is 0 Å². The average Bonchev–Trinajstić information content (AvgIpc) is 2.79. The molecule has 0 aromatic heterocycles. The Morgan fingerprint density at radius 2 is 1.72 bits per heavy atom. The average molecular weight is 552 g/mol. The van der Waals surface area contributed by atoms with Crippen LogP contribution in [0.25, 0.3) is 5.57 Å². The van der Waals surface area contributed by atoms with Crippen LogP contribution < -0.4 is 0 Å². The number of carbonyl (C=O) groups is 2. The van der Waals surface area contributed by atoms with Crippen LogP contribution in [0.2, 0.25) is 10.0 Å². The molecule has 1 fully saturated rings. The maximum absolute atomic E-state index is 13.1. The molecule has 1 heterocycles. The molecule has 0 spiro atoms. The van der Waals surface area contributed by atoms with Crippen molar-refractivity contribution in [2.45, 2.75) is 36.2 Å². The number of nitro benzene ring substituents is 1. The highest BCUT2D eigenvalue weighted by atomic mass is 35.5. The molecule has 192 valence electrons. The molecule has 3 rings (SSSR count). The minimum atomic E-state index is -0.551. The fourth-order valence-corrected chi connectivity index (χ4v) is 5.02. The predicted octanol–water partition coefficient (Wildman–Crippen LogP) is 5.55. The van der Waals surface area contributed by atoms with Crippen LogP contribution in [-0.2, 0) is 14.3 Å². The fraction of sp³-hybridized carbons (Fsp3) is 0.360. The molecule has 1 aliphatic heterocycles. The zero-order chi connectivity index (χ0) is 26.6. The van der Waals surface area contributed by atoms with E-state index in [0.717, 1.165) is 11.8 Å². The molecule has 0 aliphatic carbocycles. The van der Waals surface area contributed by atoms with Gasteiger partial charge in [-0.2, -0.15) is 0 Å². The maximum atomic E-state index is 13.1. The second-order valence-electron chi connectivity index (χ2n) is 9.25. The van der Waals surface area contributed by atoms with Crippen LogP contribution in [0.5, 0.6) is 0 Å². The van der Waals surface area contributed by atoms with Gasteiger partial charge in [-0.15, -0.1) is 0 Å². The molecule has 1 saturated heterocycles. The van der Waals surface area contributed by atoms with Gasteiger partial charge in [0.25, 0.3) is 11.6 Å². The molecule has 2 aromatic rings. The van der Waals surface area contributed by atoms with E-state index in [0.29, 0.717) is 51.6 Å². The Bertz CT molecular complexity index is 1190. The van der Waals surface area contributed by atoms with Gasteiger partial charge in [-0.05, 0) is 50.6 Å². The van der Waals surface area contributed by atoms with Crippen molar-refractivity contribution >= 4 is 58.1 Å². The minimum Gasteiger partial charge on any atom is -0.459 e. The summed E-state index contributed by atoms with van der Waals surface area (Å²) in [6, 6.07) is 9.49. The zero-order valence-corrected chi connectivity index (χ0v) is 22.6. The van der Waals surface area contributed by atoms with Gasteiger partial charge >= 0.3 is 5.97 Å². The van der Waals surface area contributed by atoms with Crippen molar-refractivity contribution in [1.82, 2.24) is 9.80 Å². The third kappa shape index (κ3) is 7.46. The van der Waals surface area contributed by atoms with Crippen LogP contribution in [0.4, 0.5) is 5.69 Å². The van der Waals surface area contributed by atoms with Gasteiger partial charge in [-0.25, -0.2) is 0 Å². The summed E-state index contributed by atoms with van der Waals surface area (Å²) < 4.78 is 5.35. The second kappa shape index (κ2) is 11.6. The summed E-state index contributed by atoms with van der Waals surface area (Å²) in [7, 11) is 0. The summed E-state index contributed by atoms with van der Waals surface area (Å²) in [4.78, 5) is 41.0. The van der Waals surface area contributed by atoms with Gasteiger partial charge in [0.05, 0.1) is 21.4 Å². The van der Waals surface area contributed by atoms with Crippen molar-refractivity contribution in [2.75, 3.05) is 32.7 Å². The summed E-state index contributed by atoms with van der Waals surface area (Å²) in [6.07, 6.45) is 0. The Hall–Kier alpha value is -2.59. The molecule has 36 heavy (non-hydrogen) atoms. The molecule has 0 bridgehead atoms. The van der Waals surface area contributed by atoms with E-state index in [2.05, 4.69) is 6.58 Å². The number of nitrogens with zero attached hydrogens (tertiary/aromatic N) is 3. The number of esters is 1. The number of benzene rings is 2. The van der Waals surface area contributed by atoms with Gasteiger partial charge in [-0.3, -0.25) is 24.6 Å². The monoisotopic (exact) mass is 551 g/mol. The Morgan fingerprint density at radius 1 is 1.08 bits per heavy atom. The van der Waals surface area contributed by atoms with E-state index in [1.54, 1.807) is 35.2 Å². The number of ether oxygens (including phenoxy) is 1. The first-order chi connectivity index (χ1) is 16.8. The topological polar surface area (TPSA) is 93.0 Å². The normalized spacial score (nSPS) is 14.4. The van der Waals surface area contributed by atoms with Crippen molar-refractivity contribution in [3.8, 4) is 0 Å². The van der Waals surface area contributed by atoms with E-state index < -0.39 is 10.5 Å². The van der Waals surface area contributed by atoms with Gasteiger partial charge < -0.3 is 9.64 Å². The second-order valence-corrected chi connectivity index (χ2v) is 11.2. The maximum Gasteiger partial charge on any atom is 0.320 e. The number of amides is 1. The predicted molar refractivity (Wildman–Crippen MR) is 142 cm³/mol. The highest BCUT2D eigenvalue weighted by Gasteiger charge is 2.27. The van der Waals surface area contributed by atoms with Crippen LogP contribution in [0.1, 0.15) is 26.3 Å². The van der Waals surface area contributed by atoms with E-state index in [1.807, 2.05) is 25.7 Å².